The van der Waals surface area contributed by atoms with Crippen molar-refractivity contribution in [2.24, 2.45) is 0 Å². The minimum Gasteiger partial charge on any atom is -0.327 e. The van der Waals surface area contributed by atoms with Crippen molar-refractivity contribution in [2.75, 3.05) is 18.5 Å². The summed E-state index contributed by atoms with van der Waals surface area (Å²) in [5.74, 6) is 0.476. The minimum atomic E-state index is -0.248. The molecule has 1 aromatic heterocycles. The van der Waals surface area contributed by atoms with E-state index in [1.165, 1.54) is 6.07 Å². The smallest absolute Gasteiger partial charge is 0.146 e. The molecule has 2 rings (SSSR count). The van der Waals surface area contributed by atoms with Crippen LogP contribution in [0.3, 0.4) is 0 Å². The van der Waals surface area contributed by atoms with E-state index in [-0.39, 0.29) is 11.9 Å². The molecule has 0 amide bonds. The molecule has 20 heavy (non-hydrogen) atoms. The summed E-state index contributed by atoms with van der Waals surface area (Å²) in [7, 11) is 1.81. The lowest BCUT2D eigenvalue weighted by Crippen LogP contribution is -2.18. The van der Waals surface area contributed by atoms with Crippen LogP contribution in [0.15, 0.2) is 42.6 Å². The topological polar surface area (TPSA) is 28.2 Å². The first-order chi connectivity index (χ1) is 9.63. The molecule has 0 fully saturated rings. The maximum atomic E-state index is 13.8. The molecule has 0 bridgehead atoms. The maximum Gasteiger partial charge on any atom is 0.146 e. The van der Waals surface area contributed by atoms with Gasteiger partial charge in [-0.3, -0.25) is 0 Å². The van der Waals surface area contributed by atoms with Gasteiger partial charge < -0.3 is 10.2 Å². The van der Waals surface area contributed by atoms with E-state index in [9.17, 15) is 4.39 Å². The predicted octanol–water partition coefficient (Wildman–Crippen LogP) is 3.66. The van der Waals surface area contributed by atoms with Crippen molar-refractivity contribution in [2.45, 2.75) is 19.9 Å². The fourth-order valence-electron chi connectivity index (χ4n) is 2.12. The molecule has 1 atom stereocenters. The number of aromatic nitrogens is 1. The molecule has 1 aromatic carbocycles. The highest BCUT2D eigenvalue weighted by Gasteiger charge is 2.10. The van der Waals surface area contributed by atoms with E-state index < -0.39 is 0 Å². The lowest BCUT2D eigenvalue weighted by atomic mass is 10.1. The van der Waals surface area contributed by atoms with Gasteiger partial charge in [0.25, 0.3) is 0 Å². The fourth-order valence-corrected chi connectivity index (χ4v) is 2.12. The highest BCUT2D eigenvalue weighted by atomic mass is 19.1. The zero-order valence-electron chi connectivity index (χ0n) is 12.1. The minimum absolute atomic E-state index is 0.248. The first kappa shape index (κ1) is 14.5. The summed E-state index contributed by atoms with van der Waals surface area (Å²) < 4.78 is 13.8. The van der Waals surface area contributed by atoms with E-state index >= 15 is 0 Å². The molecule has 1 N–H and O–H groups in total. The largest absolute Gasteiger partial charge is 0.327 e. The van der Waals surface area contributed by atoms with Gasteiger partial charge in [-0.15, -0.1) is 0 Å². The van der Waals surface area contributed by atoms with E-state index in [4.69, 9.17) is 0 Å². The molecule has 106 valence electrons. The quantitative estimate of drug-likeness (QED) is 0.901. The molecule has 1 unspecified atom stereocenters. The van der Waals surface area contributed by atoms with E-state index in [1.807, 2.05) is 31.4 Å². The van der Waals surface area contributed by atoms with Crippen LogP contribution >= 0.6 is 0 Å². The van der Waals surface area contributed by atoms with Crippen molar-refractivity contribution in [3.05, 3.63) is 54.0 Å². The summed E-state index contributed by atoms with van der Waals surface area (Å²) in [6, 6.07) is 10.9. The van der Waals surface area contributed by atoms with Crippen molar-refractivity contribution >= 4 is 11.5 Å². The number of benzene rings is 1. The summed E-state index contributed by atoms with van der Waals surface area (Å²) in [5, 5.41) is 3.34. The Morgan fingerprint density at radius 3 is 2.60 bits per heavy atom. The number of halogens is 1. The number of para-hydroxylation sites is 1. The average Bonchev–Trinajstić information content (AvgIpc) is 2.47. The molecule has 0 aliphatic rings. The second-order valence-electron chi connectivity index (χ2n) is 4.74. The van der Waals surface area contributed by atoms with Gasteiger partial charge in [0, 0.05) is 19.3 Å². The average molecular weight is 273 g/mol. The molecular formula is C16H20FN3. The van der Waals surface area contributed by atoms with Gasteiger partial charge in [-0.1, -0.05) is 25.1 Å². The van der Waals surface area contributed by atoms with Gasteiger partial charge in [0.15, 0.2) is 0 Å². The standard InChI is InChI=1S/C16H20FN3/c1-4-18-12(2)13-9-10-16(19-11-13)20(3)15-8-6-5-7-14(15)17/h5-12,18H,4H2,1-3H3. The summed E-state index contributed by atoms with van der Waals surface area (Å²) in [5.41, 5.74) is 1.64. The Kier molecular flexibility index (Phi) is 4.69. The first-order valence-electron chi connectivity index (χ1n) is 6.81. The number of hydrogen-bond acceptors (Lipinski definition) is 3. The lowest BCUT2D eigenvalue weighted by Gasteiger charge is -2.20. The zero-order chi connectivity index (χ0) is 14.5. The number of hydrogen-bond donors (Lipinski definition) is 1. The van der Waals surface area contributed by atoms with Crippen molar-refractivity contribution < 1.29 is 4.39 Å². The Bertz CT molecular complexity index is 554. The van der Waals surface area contributed by atoms with Gasteiger partial charge in [0.1, 0.15) is 11.6 Å². The Balaban J connectivity index is 2.20. The number of rotatable bonds is 5. The molecule has 0 aliphatic heterocycles. The molecule has 0 saturated carbocycles. The third-order valence-electron chi connectivity index (χ3n) is 3.34. The SMILES string of the molecule is CCNC(C)c1ccc(N(C)c2ccccc2F)nc1. The van der Waals surface area contributed by atoms with Crippen molar-refractivity contribution in [3.63, 3.8) is 0 Å². The molecule has 0 saturated heterocycles. The normalized spacial score (nSPS) is 12.2. The molecular weight excluding hydrogens is 253 g/mol. The van der Waals surface area contributed by atoms with Gasteiger partial charge in [-0.05, 0) is 37.2 Å². The monoisotopic (exact) mass is 273 g/mol. The van der Waals surface area contributed by atoms with Crippen molar-refractivity contribution in [1.82, 2.24) is 10.3 Å². The Morgan fingerprint density at radius 1 is 1.25 bits per heavy atom. The van der Waals surface area contributed by atoms with Crippen LogP contribution < -0.4 is 10.2 Å². The van der Waals surface area contributed by atoms with Gasteiger partial charge in [-0.25, -0.2) is 9.37 Å². The molecule has 0 spiro atoms. The highest BCUT2D eigenvalue weighted by Crippen LogP contribution is 2.25. The number of anilines is 2. The first-order valence-corrected chi connectivity index (χ1v) is 6.81. The van der Waals surface area contributed by atoms with E-state index in [1.54, 1.807) is 17.0 Å². The molecule has 3 nitrogen and oxygen atoms in total. The maximum absolute atomic E-state index is 13.8. The third kappa shape index (κ3) is 3.14. The van der Waals surface area contributed by atoms with Crippen LogP contribution in [0, 0.1) is 5.82 Å². The number of nitrogens with zero attached hydrogens (tertiary/aromatic N) is 2. The number of pyridine rings is 1. The molecule has 0 aliphatic carbocycles. The summed E-state index contributed by atoms with van der Waals surface area (Å²) in [4.78, 5) is 6.17. The highest BCUT2D eigenvalue weighted by molar-refractivity contribution is 5.59. The number of nitrogens with one attached hydrogen (secondary N) is 1. The van der Waals surface area contributed by atoms with Crippen molar-refractivity contribution in [1.29, 1.82) is 0 Å². The van der Waals surface area contributed by atoms with Crippen molar-refractivity contribution in [3.8, 4) is 0 Å². The second-order valence-corrected chi connectivity index (χ2v) is 4.74. The van der Waals surface area contributed by atoms with Crippen LogP contribution in [-0.4, -0.2) is 18.6 Å². The fraction of sp³-hybridized carbons (Fsp3) is 0.312. The lowest BCUT2D eigenvalue weighted by molar-refractivity contribution is 0.596. The summed E-state index contributed by atoms with van der Waals surface area (Å²) >= 11 is 0. The van der Waals surface area contributed by atoms with Gasteiger partial charge in [-0.2, -0.15) is 0 Å². The van der Waals surface area contributed by atoms with Crippen LogP contribution in [0.4, 0.5) is 15.9 Å². The summed E-state index contributed by atoms with van der Waals surface area (Å²) in [6.07, 6.45) is 1.83. The van der Waals surface area contributed by atoms with Crippen LogP contribution in [-0.2, 0) is 0 Å². The third-order valence-corrected chi connectivity index (χ3v) is 3.34. The summed E-state index contributed by atoms with van der Waals surface area (Å²) in [6.45, 7) is 5.09. The molecule has 2 aromatic rings. The van der Waals surface area contributed by atoms with Crippen LogP contribution in [0.5, 0.6) is 0 Å². The van der Waals surface area contributed by atoms with Gasteiger partial charge in [0.05, 0.1) is 5.69 Å². The molecule has 0 radical (unpaired) electrons. The zero-order valence-corrected chi connectivity index (χ0v) is 12.1. The van der Waals surface area contributed by atoms with Crippen LogP contribution in [0.1, 0.15) is 25.5 Å². The molecule has 4 heteroatoms. The van der Waals surface area contributed by atoms with Gasteiger partial charge >= 0.3 is 0 Å². The Labute approximate surface area is 119 Å². The molecule has 1 heterocycles. The van der Waals surface area contributed by atoms with Crippen LogP contribution in [0.25, 0.3) is 0 Å². The van der Waals surface area contributed by atoms with E-state index in [2.05, 4.69) is 24.1 Å². The predicted molar refractivity (Wildman–Crippen MR) is 80.8 cm³/mol. The Hall–Kier alpha value is -1.94. The van der Waals surface area contributed by atoms with E-state index in [0.29, 0.717) is 5.69 Å². The van der Waals surface area contributed by atoms with E-state index in [0.717, 1.165) is 17.9 Å². The second kappa shape index (κ2) is 6.48. The van der Waals surface area contributed by atoms with Crippen LogP contribution in [0.2, 0.25) is 0 Å². The van der Waals surface area contributed by atoms with Gasteiger partial charge in [0.2, 0.25) is 0 Å². The Morgan fingerprint density at radius 2 is 2.00 bits per heavy atom.